The first kappa shape index (κ1) is 25.1. The molecule has 0 radical (unpaired) electrons. The molecule has 2 aromatic rings. The Balaban J connectivity index is 1.43. The van der Waals surface area contributed by atoms with E-state index in [1.807, 2.05) is 57.2 Å². The van der Waals surface area contributed by atoms with Crippen molar-refractivity contribution in [2.45, 2.75) is 83.5 Å². The zero-order valence-corrected chi connectivity index (χ0v) is 21.2. The number of nitrogens with zero attached hydrogens (tertiary/aromatic N) is 2. The molecule has 4 rings (SSSR count). The second-order valence-corrected chi connectivity index (χ2v) is 10.9. The predicted molar refractivity (Wildman–Crippen MR) is 130 cm³/mol. The number of carbonyl (C=O) groups is 2. The third-order valence-corrected chi connectivity index (χ3v) is 6.40. The van der Waals surface area contributed by atoms with Crippen molar-refractivity contribution in [3.8, 4) is 11.1 Å². The van der Waals surface area contributed by atoms with Crippen molar-refractivity contribution in [2.24, 2.45) is 0 Å². The summed E-state index contributed by atoms with van der Waals surface area (Å²) in [5.41, 5.74) is 1.79. The molecule has 2 aliphatic rings. The molecule has 1 saturated heterocycles. The third kappa shape index (κ3) is 5.48. The Morgan fingerprint density at radius 2 is 1.77 bits per heavy atom. The van der Waals surface area contributed by atoms with E-state index in [2.05, 4.69) is 10.3 Å². The molecule has 1 N–H and O–H groups in total. The third-order valence-electron chi connectivity index (χ3n) is 6.40. The van der Waals surface area contributed by atoms with Gasteiger partial charge in [-0.2, -0.15) is 0 Å². The number of ether oxygens (including phenoxy) is 2. The second-order valence-electron chi connectivity index (χ2n) is 10.9. The van der Waals surface area contributed by atoms with Gasteiger partial charge in [-0.25, -0.2) is 9.18 Å². The van der Waals surface area contributed by atoms with Crippen LogP contribution in [0.15, 0.2) is 42.6 Å². The standard InChI is InChI=1S/C27H34FN3O4/c1-17(28)23(32)31-16-21(34-26(31,5)6)19-9-7-18(8-10-19)20-11-12-22(29-15-20)27(13-14-27)30-24(33)35-25(2,3)4/h7-12,15,17,21H,13-14,16H2,1-6H3,(H,30,33). The van der Waals surface area contributed by atoms with Gasteiger partial charge in [-0.1, -0.05) is 30.3 Å². The second kappa shape index (κ2) is 8.90. The molecule has 2 heterocycles. The molecule has 1 aromatic carbocycles. The largest absolute Gasteiger partial charge is 0.444 e. The summed E-state index contributed by atoms with van der Waals surface area (Å²) >= 11 is 0. The summed E-state index contributed by atoms with van der Waals surface area (Å²) in [5, 5.41) is 2.97. The summed E-state index contributed by atoms with van der Waals surface area (Å²) in [5.74, 6) is -0.560. The maximum Gasteiger partial charge on any atom is 0.408 e. The highest BCUT2D eigenvalue weighted by molar-refractivity contribution is 5.81. The zero-order valence-electron chi connectivity index (χ0n) is 21.2. The Kier molecular flexibility index (Phi) is 6.38. The smallest absolute Gasteiger partial charge is 0.408 e. The number of pyridine rings is 1. The molecule has 1 saturated carbocycles. The van der Waals surface area contributed by atoms with Gasteiger partial charge in [0.1, 0.15) is 17.4 Å². The van der Waals surface area contributed by atoms with Crippen LogP contribution >= 0.6 is 0 Å². The van der Waals surface area contributed by atoms with E-state index in [1.54, 1.807) is 20.0 Å². The molecule has 2 atom stereocenters. The van der Waals surface area contributed by atoms with Gasteiger partial charge in [-0.3, -0.25) is 9.78 Å². The van der Waals surface area contributed by atoms with E-state index in [0.29, 0.717) is 6.54 Å². The van der Waals surface area contributed by atoms with Crippen molar-refractivity contribution < 1.29 is 23.5 Å². The van der Waals surface area contributed by atoms with Gasteiger partial charge in [-0.15, -0.1) is 0 Å². The molecular weight excluding hydrogens is 449 g/mol. The minimum Gasteiger partial charge on any atom is -0.444 e. The number of nitrogens with one attached hydrogen (secondary N) is 1. The van der Waals surface area contributed by atoms with Gasteiger partial charge in [0.15, 0.2) is 6.17 Å². The van der Waals surface area contributed by atoms with Crippen LogP contribution in [0.2, 0.25) is 0 Å². The van der Waals surface area contributed by atoms with Crippen LogP contribution in [0.4, 0.5) is 9.18 Å². The number of hydrogen-bond donors (Lipinski definition) is 1. The number of halogens is 1. The molecule has 35 heavy (non-hydrogen) atoms. The monoisotopic (exact) mass is 483 g/mol. The highest BCUT2D eigenvalue weighted by Crippen LogP contribution is 2.45. The first-order valence-electron chi connectivity index (χ1n) is 12.0. The Labute approximate surface area is 206 Å². The average molecular weight is 484 g/mol. The molecule has 0 spiro atoms. The fourth-order valence-corrected chi connectivity index (χ4v) is 4.39. The number of aromatic nitrogens is 1. The lowest BCUT2D eigenvalue weighted by molar-refractivity contribution is -0.150. The van der Waals surface area contributed by atoms with Crippen LogP contribution in [0.5, 0.6) is 0 Å². The fraction of sp³-hybridized carbons (Fsp3) is 0.519. The van der Waals surface area contributed by atoms with E-state index in [4.69, 9.17) is 9.47 Å². The summed E-state index contributed by atoms with van der Waals surface area (Å²) in [6.45, 7) is 10.6. The first-order valence-corrected chi connectivity index (χ1v) is 12.0. The highest BCUT2D eigenvalue weighted by atomic mass is 19.1. The molecule has 7 nitrogen and oxygen atoms in total. The van der Waals surface area contributed by atoms with Gasteiger partial charge in [0.2, 0.25) is 0 Å². The summed E-state index contributed by atoms with van der Waals surface area (Å²) in [6.07, 6.45) is 1.13. The Morgan fingerprint density at radius 3 is 2.29 bits per heavy atom. The Morgan fingerprint density at radius 1 is 1.14 bits per heavy atom. The number of rotatable bonds is 5. The summed E-state index contributed by atoms with van der Waals surface area (Å²) in [4.78, 5) is 30.6. The molecule has 2 fully saturated rings. The molecule has 8 heteroatoms. The fourth-order valence-electron chi connectivity index (χ4n) is 4.39. The van der Waals surface area contributed by atoms with E-state index in [1.165, 1.54) is 11.8 Å². The lowest BCUT2D eigenvalue weighted by Gasteiger charge is -2.30. The average Bonchev–Trinajstić information content (AvgIpc) is 3.47. The van der Waals surface area contributed by atoms with Crippen molar-refractivity contribution in [1.82, 2.24) is 15.2 Å². The van der Waals surface area contributed by atoms with Gasteiger partial charge >= 0.3 is 6.09 Å². The van der Waals surface area contributed by atoms with E-state index < -0.39 is 35.0 Å². The van der Waals surface area contributed by atoms with Crippen molar-refractivity contribution in [3.63, 3.8) is 0 Å². The van der Waals surface area contributed by atoms with Gasteiger partial charge in [0.25, 0.3) is 5.91 Å². The van der Waals surface area contributed by atoms with Gasteiger partial charge in [-0.05, 0) is 71.6 Å². The minimum absolute atomic E-state index is 0.308. The lowest BCUT2D eigenvalue weighted by atomic mass is 10.0. The van der Waals surface area contributed by atoms with Crippen LogP contribution < -0.4 is 5.32 Å². The first-order chi connectivity index (χ1) is 16.3. The Hall–Kier alpha value is -3.00. The lowest BCUT2D eigenvalue weighted by Crippen LogP contribution is -2.46. The van der Waals surface area contributed by atoms with E-state index >= 15 is 0 Å². The van der Waals surface area contributed by atoms with E-state index in [-0.39, 0.29) is 6.10 Å². The molecule has 1 aromatic heterocycles. The van der Waals surface area contributed by atoms with Crippen LogP contribution in [0.25, 0.3) is 11.1 Å². The van der Waals surface area contributed by atoms with Gasteiger partial charge < -0.3 is 19.7 Å². The van der Waals surface area contributed by atoms with Crippen molar-refractivity contribution in [1.29, 1.82) is 0 Å². The molecule has 0 bridgehead atoms. The van der Waals surface area contributed by atoms with Gasteiger partial charge in [0, 0.05) is 11.8 Å². The molecule has 2 amide bonds. The van der Waals surface area contributed by atoms with E-state index in [0.717, 1.165) is 35.2 Å². The van der Waals surface area contributed by atoms with Crippen molar-refractivity contribution in [2.75, 3.05) is 6.54 Å². The number of benzene rings is 1. The van der Waals surface area contributed by atoms with Crippen LogP contribution in [-0.2, 0) is 19.8 Å². The zero-order chi connectivity index (χ0) is 25.6. The van der Waals surface area contributed by atoms with Crippen molar-refractivity contribution >= 4 is 12.0 Å². The van der Waals surface area contributed by atoms with Crippen LogP contribution in [0.1, 0.15) is 71.7 Å². The van der Waals surface area contributed by atoms with Crippen LogP contribution in [0, 0.1) is 0 Å². The van der Waals surface area contributed by atoms with Crippen molar-refractivity contribution in [3.05, 3.63) is 53.9 Å². The van der Waals surface area contributed by atoms with E-state index in [9.17, 15) is 14.0 Å². The highest BCUT2D eigenvalue weighted by Gasteiger charge is 2.48. The van der Waals surface area contributed by atoms with Crippen LogP contribution in [0.3, 0.4) is 0 Å². The summed E-state index contributed by atoms with van der Waals surface area (Å²) < 4.78 is 25.1. The van der Waals surface area contributed by atoms with Gasteiger partial charge in [0.05, 0.1) is 17.8 Å². The topological polar surface area (TPSA) is 80.8 Å². The number of alkyl halides is 1. The number of amides is 2. The maximum atomic E-state index is 13.6. The molecule has 1 aliphatic heterocycles. The summed E-state index contributed by atoms with van der Waals surface area (Å²) in [6, 6.07) is 11.8. The predicted octanol–water partition coefficient (Wildman–Crippen LogP) is 5.26. The minimum atomic E-state index is -1.57. The SMILES string of the molecule is CC(F)C(=O)N1CC(c2ccc(-c3ccc(C4(NC(=O)OC(C)(C)C)CC4)nc3)cc2)OC1(C)C. The molecule has 1 aliphatic carbocycles. The number of hydrogen-bond acceptors (Lipinski definition) is 5. The number of alkyl carbamates (subject to hydrolysis) is 1. The molecule has 188 valence electrons. The quantitative estimate of drug-likeness (QED) is 0.628. The normalized spacial score (nSPS) is 21.3. The molecular formula is C27H34FN3O4. The molecule has 2 unspecified atom stereocenters. The Bertz CT molecular complexity index is 1090. The van der Waals surface area contributed by atoms with Crippen LogP contribution in [-0.4, -0.2) is 45.9 Å². The summed E-state index contributed by atoms with van der Waals surface area (Å²) in [7, 11) is 0. The maximum absolute atomic E-state index is 13.6. The number of carbonyl (C=O) groups excluding carboxylic acids is 2.